The number of hydrogen-bond acceptors (Lipinski definition) is 2. The van der Waals surface area contributed by atoms with Crippen molar-refractivity contribution < 1.29 is 8.78 Å². The molecule has 0 bridgehead atoms. The zero-order chi connectivity index (χ0) is 24.2. The fourth-order valence-corrected chi connectivity index (χ4v) is 8.73. The van der Waals surface area contributed by atoms with Gasteiger partial charge in [-0.15, -0.1) is 0 Å². The normalized spacial score (nSPS) is 11.0. The van der Waals surface area contributed by atoms with Crippen LogP contribution >= 0.6 is 0 Å². The van der Waals surface area contributed by atoms with Crippen LogP contribution in [0.5, 0.6) is 0 Å². The van der Waals surface area contributed by atoms with Crippen molar-refractivity contribution in [3.05, 3.63) is 112 Å². The average molecular weight is 574 g/mol. The van der Waals surface area contributed by atoms with E-state index in [1.165, 1.54) is 24.3 Å². The number of rotatable bonds is 2. The Morgan fingerprint density at radius 2 is 1.12 bits per heavy atom. The molecule has 0 fully saturated rings. The summed E-state index contributed by atoms with van der Waals surface area (Å²) in [5.74, 6) is -0.775. The Balaban J connectivity index is 2.28. The Labute approximate surface area is 205 Å². The van der Waals surface area contributed by atoms with E-state index in [9.17, 15) is 19.3 Å². The van der Waals surface area contributed by atoms with Crippen LogP contribution in [0.3, 0.4) is 0 Å². The fraction of sp³-hybridized carbons (Fsp3) is 0. The molecule has 2 aromatic carbocycles. The van der Waals surface area contributed by atoms with Crippen molar-refractivity contribution in [2.24, 2.45) is 0 Å². The number of nitriles is 2. The molecule has 0 spiro atoms. The van der Waals surface area contributed by atoms with E-state index in [-0.39, 0.29) is 23.0 Å². The maximum atomic E-state index is 13.6. The Hall–Kier alpha value is -4.00. The molecule has 8 heteroatoms. The van der Waals surface area contributed by atoms with Crippen molar-refractivity contribution in [1.29, 1.82) is 10.5 Å². The molecule has 34 heavy (non-hydrogen) atoms. The molecular weight excluding hydrogens is 564 g/mol. The summed E-state index contributed by atoms with van der Waals surface area (Å²) in [5.41, 5.74) is 3.05. The summed E-state index contributed by atoms with van der Waals surface area (Å²) in [7, 11) is 0. The molecule has 0 saturated heterocycles. The summed E-state index contributed by atoms with van der Waals surface area (Å²) < 4.78 is 30.2. The van der Waals surface area contributed by atoms with Crippen LogP contribution in [0.25, 0.3) is 43.3 Å². The van der Waals surface area contributed by atoms with E-state index >= 15 is 0 Å². The molecule has 0 N–H and O–H groups in total. The van der Waals surface area contributed by atoms with Gasteiger partial charge in [-0.1, -0.05) is 0 Å². The van der Waals surface area contributed by atoms with Crippen molar-refractivity contribution in [1.82, 2.24) is 0 Å². The molecular formula is C26H10F2N4Se2. The van der Waals surface area contributed by atoms with Gasteiger partial charge < -0.3 is 0 Å². The van der Waals surface area contributed by atoms with Crippen molar-refractivity contribution >= 4 is 40.4 Å². The van der Waals surface area contributed by atoms with Gasteiger partial charge in [0, 0.05) is 0 Å². The zero-order valence-corrected chi connectivity index (χ0v) is 20.6. The Kier molecular flexibility index (Phi) is 6.72. The molecule has 0 amide bonds. The second-order valence-corrected chi connectivity index (χ2v) is 11.3. The first-order valence-electron chi connectivity index (χ1n) is 9.58. The summed E-state index contributed by atoms with van der Waals surface area (Å²) in [6, 6.07) is 19.5. The number of halogens is 2. The van der Waals surface area contributed by atoms with Crippen LogP contribution < -0.4 is 8.19 Å². The van der Waals surface area contributed by atoms with E-state index in [1.54, 1.807) is 36.4 Å². The molecule has 4 aromatic rings. The van der Waals surface area contributed by atoms with Gasteiger partial charge in [-0.25, -0.2) is 0 Å². The van der Waals surface area contributed by atoms with E-state index in [1.807, 2.05) is 12.1 Å². The molecule has 0 aliphatic heterocycles. The Bertz CT molecular complexity index is 1640. The zero-order valence-electron chi connectivity index (χ0n) is 17.1. The Morgan fingerprint density at radius 1 is 0.706 bits per heavy atom. The monoisotopic (exact) mass is 576 g/mol. The van der Waals surface area contributed by atoms with E-state index in [4.69, 9.17) is 13.1 Å². The van der Waals surface area contributed by atoms with Crippen LogP contribution in [0.2, 0.25) is 0 Å². The Morgan fingerprint density at radius 3 is 1.53 bits per heavy atom. The van der Waals surface area contributed by atoms with E-state index < -0.39 is 29.0 Å². The minimum atomic E-state index is -0.410. The van der Waals surface area contributed by atoms with Crippen molar-refractivity contribution in [2.75, 3.05) is 0 Å². The first-order chi connectivity index (χ1) is 16.5. The van der Waals surface area contributed by atoms with E-state index in [0.29, 0.717) is 8.19 Å². The van der Waals surface area contributed by atoms with Gasteiger partial charge in [-0.2, -0.15) is 0 Å². The third-order valence-corrected chi connectivity index (χ3v) is 10.4. The number of nitrogens with zero attached hydrogens (tertiary/aromatic N) is 4. The van der Waals surface area contributed by atoms with Gasteiger partial charge in [0.1, 0.15) is 0 Å². The summed E-state index contributed by atoms with van der Waals surface area (Å²) in [5, 5.41) is 18.9. The third-order valence-electron chi connectivity index (χ3n) is 4.88. The maximum absolute atomic E-state index is 13.6. The summed E-state index contributed by atoms with van der Waals surface area (Å²) in [6.07, 6.45) is 0. The van der Waals surface area contributed by atoms with Crippen LogP contribution in [0, 0.1) is 55.6 Å². The van der Waals surface area contributed by atoms with Crippen molar-refractivity contribution in [3.8, 4) is 34.4 Å². The van der Waals surface area contributed by atoms with Gasteiger partial charge in [-0.05, 0) is 0 Å². The molecule has 0 radical (unpaired) electrons. The van der Waals surface area contributed by atoms with Crippen LogP contribution in [-0.4, -0.2) is 29.0 Å². The first-order valence-corrected chi connectivity index (χ1v) is 13.0. The van der Waals surface area contributed by atoms with Crippen LogP contribution in [-0.2, 0) is 0 Å². The standard InChI is InChI=1S/C26H10F2N4Se2/c1-31-26(32-2)23-12-21(16-5-9-19(28)10-6-16)25(34-23)24-20(15-3-7-18(27)8-4-15)11-22(33-24)17(13-29)14-30/h3-12H/b25-24+. The van der Waals surface area contributed by atoms with Crippen molar-refractivity contribution in [2.45, 2.75) is 0 Å². The molecule has 2 aromatic heterocycles. The molecule has 160 valence electrons. The SMILES string of the molecule is [C-]#[N+]C([N+]#[C-])=c1cc(-c2ccc(F)cc2)/c(=c2\[se]c(=C(C#N)C#N)cc2-c2ccc(F)cc2)[se]1. The molecule has 0 aliphatic carbocycles. The van der Waals surface area contributed by atoms with E-state index in [0.717, 1.165) is 30.4 Å². The summed E-state index contributed by atoms with van der Waals surface area (Å²) in [6.45, 7) is 14.8. The van der Waals surface area contributed by atoms with Crippen LogP contribution in [0.15, 0.2) is 60.7 Å². The predicted octanol–water partition coefficient (Wildman–Crippen LogP) is 3.80. The van der Waals surface area contributed by atoms with Gasteiger partial charge in [-0.3, -0.25) is 0 Å². The molecule has 0 atom stereocenters. The first kappa shape index (κ1) is 23.2. The van der Waals surface area contributed by atoms with E-state index in [2.05, 4.69) is 9.69 Å². The van der Waals surface area contributed by atoms with Gasteiger partial charge in [0.2, 0.25) is 0 Å². The second-order valence-electron chi connectivity index (χ2n) is 6.87. The fourth-order valence-electron chi connectivity index (χ4n) is 3.31. The third kappa shape index (κ3) is 4.41. The van der Waals surface area contributed by atoms with Gasteiger partial charge in [0.25, 0.3) is 0 Å². The topological polar surface area (TPSA) is 56.3 Å². The second kappa shape index (κ2) is 9.87. The molecule has 4 nitrogen and oxygen atoms in total. The quantitative estimate of drug-likeness (QED) is 0.270. The predicted molar refractivity (Wildman–Crippen MR) is 126 cm³/mol. The van der Waals surface area contributed by atoms with Gasteiger partial charge in [0.15, 0.2) is 0 Å². The average Bonchev–Trinajstić information content (AvgIpc) is 3.47. The molecule has 0 unspecified atom stereocenters. The minimum absolute atomic E-state index is 0.0153. The van der Waals surface area contributed by atoms with Gasteiger partial charge in [0.05, 0.1) is 0 Å². The molecule has 0 saturated carbocycles. The molecule has 4 rings (SSSR count). The summed E-state index contributed by atoms with van der Waals surface area (Å²) in [4.78, 5) is 6.73. The van der Waals surface area contributed by atoms with Crippen LogP contribution in [0.1, 0.15) is 0 Å². The number of benzene rings is 2. The van der Waals surface area contributed by atoms with Crippen molar-refractivity contribution in [3.63, 3.8) is 0 Å². The van der Waals surface area contributed by atoms with Crippen LogP contribution in [0.4, 0.5) is 8.78 Å². The molecule has 2 heterocycles. The molecule has 0 aliphatic rings. The number of hydrogen-bond donors (Lipinski definition) is 0. The summed E-state index contributed by atoms with van der Waals surface area (Å²) >= 11 is -0.814. The van der Waals surface area contributed by atoms with Gasteiger partial charge >= 0.3 is 206 Å².